The zero-order chi connectivity index (χ0) is 14.4. The molecule has 0 aliphatic rings. The summed E-state index contributed by atoms with van der Waals surface area (Å²) < 4.78 is 0. The fourth-order valence-electron chi connectivity index (χ4n) is 1.72. The number of carbonyl (C=O) groups excluding carboxylic acids is 2. The first-order chi connectivity index (χ1) is 8.99. The number of nitrogens with zero attached hydrogens (tertiary/aromatic N) is 1. The first-order valence-electron chi connectivity index (χ1n) is 6.20. The van der Waals surface area contributed by atoms with Gasteiger partial charge in [0.25, 0.3) is 0 Å². The summed E-state index contributed by atoms with van der Waals surface area (Å²) in [4.78, 5) is 24.6. The van der Waals surface area contributed by atoms with Gasteiger partial charge in [-0.1, -0.05) is 0 Å². The molecule has 0 heterocycles. The molecule has 0 aromatic heterocycles. The molecule has 0 spiro atoms. The van der Waals surface area contributed by atoms with E-state index in [0.29, 0.717) is 30.0 Å². The normalized spacial score (nSPS) is 10.0. The van der Waals surface area contributed by atoms with Gasteiger partial charge in [0, 0.05) is 18.7 Å². The van der Waals surface area contributed by atoms with E-state index in [1.165, 1.54) is 0 Å². The molecule has 19 heavy (non-hydrogen) atoms. The van der Waals surface area contributed by atoms with Gasteiger partial charge in [0.1, 0.15) is 0 Å². The number of hydrogen-bond donors (Lipinski definition) is 3. The third kappa shape index (κ3) is 3.87. The zero-order valence-corrected chi connectivity index (χ0v) is 11.3. The van der Waals surface area contributed by atoms with Gasteiger partial charge in [-0.3, -0.25) is 9.59 Å². The van der Waals surface area contributed by atoms with Gasteiger partial charge in [-0.15, -0.1) is 0 Å². The van der Waals surface area contributed by atoms with E-state index >= 15 is 0 Å². The minimum atomic E-state index is -0.530. The van der Waals surface area contributed by atoms with Gasteiger partial charge in [0.15, 0.2) is 0 Å². The highest BCUT2D eigenvalue weighted by Gasteiger charge is 2.10. The molecule has 1 aromatic rings. The first kappa shape index (κ1) is 14.8. The maximum Gasteiger partial charge on any atom is 0.248 e. The van der Waals surface area contributed by atoms with Crippen LogP contribution in [0.2, 0.25) is 0 Å². The van der Waals surface area contributed by atoms with Crippen LogP contribution in [-0.2, 0) is 4.79 Å². The monoisotopic (exact) mass is 264 g/mol. The molecule has 6 nitrogen and oxygen atoms in total. The molecule has 0 saturated carbocycles. The van der Waals surface area contributed by atoms with Gasteiger partial charge < -0.3 is 21.7 Å². The maximum atomic E-state index is 11.8. The summed E-state index contributed by atoms with van der Waals surface area (Å²) >= 11 is 0. The number of rotatable bonds is 6. The Labute approximate surface area is 112 Å². The second-order valence-electron chi connectivity index (χ2n) is 4.09. The molecule has 0 bridgehead atoms. The largest absolute Gasteiger partial charge is 0.397 e. The van der Waals surface area contributed by atoms with E-state index in [2.05, 4.69) is 5.32 Å². The van der Waals surface area contributed by atoms with Gasteiger partial charge >= 0.3 is 0 Å². The number of nitrogens with two attached hydrogens (primary N) is 2. The van der Waals surface area contributed by atoms with Crippen LogP contribution in [0.3, 0.4) is 0 Å². The molecular weight excluding hydrogens is 244 g/mol. The lowest BCUT2D eigenvalue weighted by atomic mass is 10.1. The predicted octanol–water partition coefficient (Wildman–Crippen LogP) is 0.648. The van der Waals surface area contributed by atoms with Crippen molar-refractivity contribution < 1.29 is 9.59 Å². The summed E-state index contributed by atoms with van der Waals surface area (Å²) in [5, 5.41) is 2.93. The quantitative estimate of drug-likeness (QED) is 0.656. The SMILES string of the molecule is CCN(CC)C(=O)CNc1cc(C(N)=O)ccc1N. The Morgan fingerprint density at radius 3 is 2.42 bits per heavy atom. The zero-order valence-electron chi connectivity index (χ0n) is 11.3. The Balaban J connectivity index is 2.74. The number of carbonyl (C=O) groups is 2. The molecule has 1 rings (SSSR count). The average molecular weight is 264 g/mol. The standard InChI is InChI=1S/C13H20N4O2/c1-3-17(4-2)12(18)8-16-11-7-9(13(15)19)5-6-10(11)14/h5-7,16H,3-4,8,14H2,1-2H3,(H2,15,19). The molecule has 0 aliphatic heterocycles. The molecule has 2 amide bonds. The van der Waals surface area contributed by atoms with Crippen molar-refractivity contribution in [3.8, 4) is 0 Å². The van der Waals surface area contributed by atoms with Crippen LogP contribution in [-0.4, -0.2) is 36.3 Å². The summed E-state index contributed by atoms with van der Waals surface area (Å²) in [6.07, 6.45) is 0. The summed E-state index contributed by atoms with van der Waals surface area (Å²) in [6, 6.07) is 4.69. The van der Waals surface area contributed by atoms with E-state index in [4.69, 9.17) is 11.5 Å². The van der Waals surface area contributed by atoms with Crippen molar-refractivity contribution in [1.29, 1.82) is 0 Å². The number of nitrogen functional groups attached to an aromatic ring is 1. The van der Waals surface area contributed by atoms with Crippen LogP contribution in [0.25, 0.3) is 0 Å². The van der Waals surface area contributed by atoms with Crippen LogP contribution >= 0.6 is 0 Å². The second kappa shape index (κ2) is 6.63. The van der Waals surface area contributed by atoms with Gasteiger partial charge in [-0.2, -0.15) is 0 Å². The molecule has 0 aliphatic carbocycles. The Kier molecular flexibility index (Phi) is 5.17. The Morgan fingerprint density at radius 2 is 1.89 bits per heavy atom. The third-order valence-electron chi connectivity index (χ3n) is 2.88. The van der Waals surface area contributed by atoms with Crippen molar-refractivity contribution in [2.45, 2.75) is 13.8 Å². The van der Waals surface area contributed by atoms with E-state index in [9.17, 15) is 9.59 Å². The van der Waals surface area contributed by atoms with Crippen molar-refractivity contribution in [1.82, 2.24) is 4.90 Å². The van der Waals surface area contributed by atoms with Crippen LogP contribution in [0, 0.1) is 0 Å². The minimum Gasteiger partial charge on any atom is -0.397 e. The predicted molar refractivity (Wildman–Crippen MR) is 75.8 cm³/mol. The van der Waals surface area contributed by atoms with Gasteiger partial charge in [0.2, 0.25) is 11.8 Å². The van der Waals surface area contributed by atoms with Crippen LogP contribution in [0.15, 0.2) is 18.2 Å². The van der Waals surface area contributed by atoms with Crippen molar-refractivity contribution in [3.05, 3.63) is 23.8 Å². The van der Waals surface area contributed by atoms with Gasteiger partial charge in [-0.25, -0.2) is 0 Å². The summed E-state index contributed by atoms with van der Waals surface area (Å²) in [6.45, 7) is 5.29. The molecular formula is C13H20N4O2. The molecule has 5 N–H and O–H groups in total. The highest BCUT2D eigenvalue weighted by molar-refractivity contribution is 5.95. The Bertz CT molecular complexity index is 470. The smallest absolute Gasteiger partial charge is 0.248 e. The van der Waals surface area contributed by atoms with Crippen LogP contribution in [0.4, 0.5) is 11.4 Å². The van der Waals surface area contributed by atoms with E-state index in [0.717, 1.165) is 0 Å². The van der Waals surface area contributed by atoms with Crippen LogP contribution < -0.4 is 16.8 Å². The summed E-state index contributed by atoms with van der Waals surface area (Å²) in [7, 11) is 0. The van der Waals surface area contributed by atoms with E-state index in [-0.39, 0.29) is 12.5 Å². The van der Waals surface area contributed by atoms with E-state index in [1.807, 2.05) is 13.8 Å². The van der Waals surface area contributed by atoms with Crippen LogP contribution in [0.1, 0.15) is 24.2 Å². The minimum absolute atomic E-state index is 0.0196. The highest BCUT2D eigenvalue weighted by atomic mass is 16.2. The van der Waals surface area contributed by atoms with E-state index < -0.39 is 5.91 Å². The van der Waals surface area contributed by atoms with Crippen molar-refractivity contribution in [2.24, 2.45) is 5.73 Å². The summed E-state index contributed by atoms with van der Waals surface area (Å²) in [5.41, 5.74) is 12.3. The lowest BCUT2D eigenvalue weighted by Gasteiger charge is -2.19. The fraction of sp³-hybridized carbons (Fsp3) is 0.385. The van der Waals surface area contributed by atoms with Crippen molar-refractivity contribution >= 4 is 23.2 Å². The first-order valence-corrected chi connectivity index (χ1v) is 6.20. The lowest BCUT2D eigenvalue weighted by Crippen LogP contribution is -2.35. The van der Waals surface area contributed by atoms with Crippen molar-refractivity contribution in [3.63, 3.8) is 0 Å². The van der Waals surface area contributed by atoms with E-state index in [1.54, 1.807) is 23.1 Å². The number of primary amides is 1. The summed E-state index contributed by atoms with van der Waals surface area (Å²) in [5.74, 6) is -0.549. The number of benzene rings is 1. The van der Waals surface area contributed by atoms with Gasteiger partial charge in [-0.05, 0) is 32.0 Å². The molecule has 0 saturated heterocycles. The fourth-order valence-corrected chi connectivity index (χ4v) is 1.72. The average Bonchev–Trinajstić information content (AvgIpc) is 2.38. The highest BCUT2D eigenvalue weighted by Crippen LogP contribution is 2.19. The molecule has 0 atom stereocenters. The van der Waals surface area contributed by atoms with Crippen molar-refractivity contribution in [2.75, 3.05) is 30.7 Å². The Morgan fingerprint density at radius 1 is 1.26 bits per heavy atom. The molecule has 1 aromatic carbocycles. The molecule has 0 radical (unpaired) electrons. The number of nitrogens with one attached hydrogen (secondary N) is 1. The van der Waals surface area contributed by atoms with Gasteiger partial charge in [0.05, 0.1) is 17.9 Å². The maximum absolute atomic E-state index is 11.8. The van der Waals surface area contributed by atoms with Crippen LogP contribution in [0.5, 0.6) is 0 Å². The number of anilines is 2. The number of hydrogen-bond acceptors (Lipinski definition) is 4. The molecule has 6 heteroatoms. The Hall–Kier alpha value is -2.24. The number of likely N-dealkylation sites (N-methyl/N-ethyl adjacent to an activating group) is 1. The topological polar surface area (TPSA) is 101 Å². The molecule has 0 unspecified atom stereocenters. The number of amides is 2. The molecule has 104 valence electrons. The second-order valence-corrected chi connectivity index (χ2v) is 4.09. The third-order valence-corrected chi connectivity index (χ3v) is 2.88. The molecule has 0 fully saturated rings. The lowest BCUT2D eigenvalue weighted by molar-refractivity contribution is -0.128.